The molecule has 3 amide bonds. The smallest absolute Gasteiger partial charge is 0.271 e. The number of fused-ring (bicyclic) bond motifs is 2. The summed E-state index contributed by atoms with van der Waals surface area (Å²) >= 11 is 0. The van der Waals surface area contributed by atoms with E-state index in [2.05, 4.69) is 15.6 Å². The first-order valence-corrected chi connectivity index (χ1v) is 14.8. The lowest BCUT2D eigenvalue weighted by Gasteiger charge is -2.28. The summed E-state index contributed by atoms with van der Waals surface area (Å²) in [6, 6.07) is -0.355. The van der Waals surface area contributed by atoms with Crippen molar-refractivity contribution in [3.05, 3.63) is 17.5 Å². The highest BCUT2D eigenvalue weighted by Gasteiger charge is 2.50. The lowest BCUT2D eigenvalue weighted by molar-refractivity contribution is -0.132. The third-order valence-electron chi connectivity index (χ3n) is 8.51. The van der Waals surface area contributed by atoms with E-state index >= 15 is 0 Å². The second kappa shape index (κ2) is 10.2. The van der Waals surface area contributed by atoms with Crippen LogP contribution < -0.4 is 10.6 Å². The SMILES string of the molecule is O=C1NCC[C@H]1CC[C@H](NC(=O)[C@@H]1[C@H]2CCC[C@H]2CN1C(=O)c1cc2c([nH]1)CCCS2(=O)=O)C(=O)CO. The van der Waals surface area contributed by atoms with E-state index in [1.807, 2.05) is 0 Å². The molecule has 202 valence electrons. The molecular weight excluding hydrogens is 500 g/mol. The van der Waals surface area contributed by atoms with Gasteiger partial charge >= 0.3 is 0 Å². The summed E-state index contributed by atoms with van der Waals surface area (Å²) in [5.41, 5.74) is 0.683. The van der Waals surface area contributed by atoms with Crippen molar-refractivity contribution in [2.75, 3.05) is 25.4 Å². The summed E-state index contributed by atoms with van der Waals surface area (Å²) in [5, 5.41) is 15.0. The Morgan fingerprint density at radius 3 is 2.70 bits per heavy atom. The van der Waals surface area contributed by atoms with Crippen molar-refractivity contribution in [3.8, 4) is 0 Å². The molecular formula is C25H34N4O7S. The highest BCUT2D eigenvalue weighted by atomic mass is 32.2. The number of aliphatic hydroxyl groups is 1. The Labute approximate surface area is 215 Å². The number of rotatable bonds is 8. The quantitative estimate of drug-likeness (QED) is 0.363. The third kappa shape index (κ3) is 4.93. The fourth-order valence-corrected chi connectivity index (χ4v) is 8.15. The minimum absolute atomic E-state index is 0.0488. The van der Waals surface area contributed by atoms with E-state index < -0.39 is 46.1 Å². The molecule has 1 aromatic rings. The topological polar surface area (TPSA) is 166 Å². The standard InChI is InChI=1S/C25H34N4O7S/c30-13-20(31)17(7-6-14-8-9-26-23(14)32)28-24(33)22-16-4-1-3-15(16)12-29(22)25(34)19-11-21-18(27-19)5-2-10-37(21,35)36/h11,14-17,22,27,30H,1-10,12-13H2,(H,26,32)(H,28,33)/t14-,15+,16+,17+,22+/m1/s1. The Kier molecular flexibility index (Phi) is 7.14. The number of aromatic nitrogens is 1. The Bertz CT molecular complexity index is 1210. The predicted molar refractivity (Wildman–Crippen MR) is 131 cm³/mol. The van der Waals surface area contributed by atoms with Gasteiger partial charge < -0.3 is 25.6 Å². The highest BCUT2D eigenvalue weighted by molar-refractivity contribution is 7.91. The number of aromatic amines is 1. The molecule has 2 saturated heterocycles. The second-order valence-corrected chi connectivity index (χ2v) is 12.8. The van der Waals surface area contributed by atoms with Crippen molar-refractivity contribution in [3.63, 3.8) is 0 Å². The summed E-state index contributed by atoms with van der Waals surface area (Å²) in [4.78, 5) is 56.3. The maximum absolute atomic E-state index is 13.6. The van der Waals surface area contributed by atoms with Crippen LogP contribution in [-0.4, -0.2) is 84.4 Å². The Hall–Kier alpha value is -2.73. The van der Waals surface area contributed by atoms with Gasteiger partial charge in [-0.05, 0) is 62.8 Å². The largest absolute Gasteiger partial charge is 0.389 e. The number of nitrogens with one attached hydrogen (secondary N) is 3. The molecule has 3 aliphatic heterocycles. The molecule has 4 N–H and O–H groups in total. The number of amides is 3. The second-order valence-electron chi connectivity index (χ2n) is 10.7. The number of carbonyl (C=O) groups excluding carboxylic acids is 4. The molecule has 3 fully saturated rings. The van der Waals surface area contributed by atoms with Crippen LogP contribution in [0.25, 0.3) is 0 Å². The predicted octanol–water partition coefficient (Wildman–Crippen LogP) is -0.0622. The van der Waals surface area contributed by atoms with Crippen molar-refractivity contribution in [2.24, 2.45) is 17.8 Å². The summed E-state index contributed by atoms with van der Waals surface area (Å²) < 4.78 is 24.9. The van der Waals surface area contributed by atoms with Crippen LogP contribution in [0.2, 0.25) is 0 Å². The normalized spacial score (nSPS) is 28.9. The first-order valence-electron chi connectivity index (χ1n) is 13.2. The van der Waals surface area contributed by atoms with Crippen molar-refractivity contribution in [2.45, 2.75) is 68.3 Å². The van der Waals surface area contributed by atoms with Crippen molar-refractivity contribution < 1.29 is 32.7 Å². The van der Waals surface area contributed by atoms with Crippen LogP contribution in [0.4, 0.5) is 0 Å². The van der Waals surface area contributed by atoms with Gasteiger partial charge in [0.1, 0.15) is 18.3 Å². The monoisotopic (exact) mass is 534 g/mol. The first-order chi connectivity index (χ1) is 17.7. The molecule has 1 aliphatic carbocycles. The Morgan fingerprint density at radius 1 is 1.19 bits per heavy atom. The molecule has 37 heavy (non-hydrogen) atoms. The van der Waals surface area contributed by atoms with Crippen molar-refractivity contribution in [1.82, 2.24) is 20.5 Å². The molecule has 4 heterocycles. The number of H-pyrrole nitrogens is 1. The zero-order valence-electron chi connectivity index (χ0n) is 20.7. The van der Waals surface area contributed by atoms with Crippen LogP contribution >= 0.6 is 0 Å². The molecule has 1 saturated carbocycles. The number of hydrogen-bond donors (Lipinski definition) is 4. The minimum atomic E-state index is -3.44. The average Bonchev–Trinajstić information content (AvgIpc) is 3.64. The number of carbonyl (C=O) groups is 4. The molecule has 0 unspecified atom stereocenters. The number of aliphatic hydroxyl groups excluding tert-OH is 1. The van der Waals surface area contributed by atoms with Crippen LogP contribution in [0.5, 0.6) is 0 Å². The lowest BCUT2D eigenvalue weighted by Crippen LogP contribution is -2.53. The van der Waals surface area contributed by atoms with Gasteiger partial charge in [-0.25, -0.2) is 8.42 Å². The molecule has 5 atom stereocenters. The van der Waals surface area contributed by atoms with Crippen LogP contribution in [0, 0.1) is 17.8 Å². The molecule has 0 radical (unpaired) electrons. The van der Waals surface area contributed by atoms with Crippen molar-refractivity contribution >= 4 is 33.3 Å². The maximum Gasteiger partial charge on any atom is 0.271 e. The Balaban J connectivity index is 1.35. The van der Waals surface area contributed by atoms with E-state index in [1.165, 1.54) is 11.0 Å². The number of sulfone groups is 1. The zero-order chi connectivity index (χ0) is 26.3. The fraction of sp³-hybridized carbons (Fsp3) is 0.680. The van der Waals surface area contributed by atoms with Gasteiger partial charge in [0.25, 0.3) is 5.91 Å². The van der Waals surface area contributed by atoms with Crippen LogP contribution in [0.15, 0.2) is 11.0 Å². The van der Waals surface area contributed by atoms with Crippen LogP contribution in [0.3, 0.4) is 0 Å². The van der Waals surface area contributed by atoms with Crippen molar-refractivity contribution in [1.29, 1.82) is 0 Å². The summed E-state index contributed by atoms with van der Waals surface area (Å²) in [6.45, 7) is 0.239. The van der Waals surface area contributed by atoms with Gasteiger partial charge in [-0.15, -0.1) is 0 Å². The molecule has 0 spiro atoms. The zero-order valence-corrected chi connectivity index (χ0v) is 21.5. The van der Waals surface area contributed by atoms with Gasteiger partial charge in [-0.2, -0.15) is 0 Å². The van der Waals surface area contributed by atoms with E-state index in [0.29, 0.717) is 44.5 Å². The van der Waals surface area contributed by atoms with Gasteiger partial charge in [0.2, 0.25) is 11.8 Å². The molecule has 0 aromatic carbocycles. The van der Waals surface area contributed by atoms with Gasteiger partial charge in [-0.1, -0.05) is 6.42 Å². The van der Waals surface area contributed by atoms with E-state index in [-0.39, 0.29) is 46.4 Å². The molecule has 1 aromatic heterocycles. The number of likely N-dealkylation sites (tertiary alicyclic amines) is 1. The molecule has 4 aliphatic rings. The van der Waals surface area contributed by atoms with E-state index in [0.717, 1.165) is 19.3 Å². The minimum Gasteiger partial charge on any atom is -0.389 e. The molecule has 5 rings (SSSR count). The van der Waals surface area contributed by atoms with E-state index in [4.69, 9.17) is 0 Å². The molecule has 12 heteroatoms. The maximum atomic E-state index is 13.6. The number of ketones is 1. The third-order valence-corrected chi connectivity index (χ3v) is 10.4. The van der Waals surface area contributed by atoms with Gasteiger partial charge in [0, 0.05) is 24.7 Å². The number of aryl methyl sites for hydroxylation is 1. The summed E-state index contributed by atoms with van der Waals surface area (Å²) in [7, 11) is -3.44. The Morgan fingerprint density at radius 2 is 2.00 bits per heavy atom. The average molecular weight is 535 g/mol. The van der Waals surface area contributed by atoms with Gasteiger partial charge in [0.15, 0.2) is 15.6 Å². The molecule has 11 nitrogen and oxygen atoms in total. The van der Waals surface area contributed by atoms with Crippen LogP contribution in [0.1, 0.15) is 61.1 Å². The summed E-state index contributed by atoms with van der Waals surface area (Å²) in [5.74, 6) is -1.56. The van der Waals surface area contributed by atoms with E-state index in [9.17, 15) is 32.7 Å². The van der Waals surface area contributed by atoms with Gasteiger partial charge in [0.05, 0.1) is 16.7 Å². The van der Waals surface area contributed by atoms with E-state index in [1.54, 1.807) is 0 Å². The number of Topliss-reactive ketones (excluding diaryl/α,β-unsaturated/α-hetero) is 1. The molecule has 0 bridgehead atoms. The highest BCUT2D eigenvalue weighted by Crippen LogP contribution is 2.43. The number of hydrogen-bond acceptors (Lipinski definition) is 7. The lowest BCUT2D eigenvalue weighted by atomic mass is 9.92. The number of nitrogens with zero attached hydrogens (tertiary/aromatic N) is 1. The first kappa shape index (κ1) is 25.9. The van der Waals surface area contributed by atoms with Crippen LogP contribution in [-0.2, 0) is 30.6 Å². The summed E-state index contributed by atoms with van der Waals surface area (Å²) in [6.07, 6.45) is 4.95. The van der Waals surface area contributed by atoms with Gasteiger partial charge in [-0.3, -0.25) is 19.2 Å². The fourth-order valence-electron chi connectivity index (χ4n) is 6.58.